The Labute approximate surface area is 305 Å². The van der Waals surface area contributed by atoms with Crippen molar-refractivity contribution in [1.29, 1.82) is 0 Å². The first-order valence-electron chi connectivity index (χ1n) is 20.3. The molecule has 0 fully saturated rings. The van der Waals surface area contributed by atoms with Gasteiger partial charge in [-0.2, -0.15) is 0 Å². The normalized spacial score (nSPS) is 12.4. The minimum atomic E-state index is -0.340. The molecule has 10 nitrogen and oxygen atoms in total. The van der Waals surface area contributed by atoms with E-state index in [-0.39, 0.29) is 68.4 Å². The molecule has 0 radical (unpaired) electrons. The maximum Gasteiger partial charge on any atom is 0.308 e. The number of aliphatic hydroxyl groups excluding tert-OH is 1. The molecule has 2 unspecified atom stereocenters. The fourth-order valence-corrected chi connectivity index (χ4v) is 5.78. The average molecular weight is 714 g/mol. The van der Waals surface area contributed by atoms with Crippen molar-refractivity contribution >= 4 is 23.9 Å². The molecule has 10 heteroatoms. The number of hydrogen-bond donors (Lipinski definition) is 1. The van der Waals surface area contributed by atoms with Gasteiger partial charge in [0.2, 0.25) is 0 Å². The van der Waals surface area contributed by atoms with Crippen LogP contribution in [0, 0.1) is 11.8 Å². The van der Waals surface area contributed by atoms with E-state index in [1.807, 2.05) is 4.90 Å². The van der Waals surface area contributed by atoms with Gasteiger partial charge in [0.1, 0.15) is 0 Å². The van der Waals surface area contributed by atoms with Gasteiger partial charge in [-0.15, -0.1) is 0 Å². The Morgan fingerprint density at radius 3 is 1.18 bits per heavy atom. The second-order valence-corrected chi connectivity index (χ2v) is 13.6. The van der Waals surface area contributed by atoms with Gasteiger partial charge in [0.05, 0.1) is 57.7 Å². The van der Waals surface area contributed by atoms with Crippen molar-refractivity contribution in [2.24, 2.45) is 11.8 Å². The Morgan fingerprint density at radius 2 is 0.820 bits per heavy atom. The van der Waals surface area contributed by atoms with Crippen LogP contribution in [0.3, 0.4) is 0 Å². The first-order valence-corrected chi connectivity index (χ1v) is 20.3. The Balaban J connectivity index is 4.14. The fourth-order valence-electron chi connectivity index (χ4n) is 5.78. The van der Waals surface area contributed by atoms with Crippen LogP contribution in [0.5, 0.6) is 0 Å². The zero-order valence-corrected chi connectivity index (χ0v) is 32.5. The van der Waals surface area contributed by atoms with Gasteiger partial charge >= 0.3 is 23.9 Å². The molecule has 0 aromatic heterocycles. The third kappa shape index (κ3) is 28.5. The predicted molar refractivity (Wildman–Crippen MR) is 199 cm³/mol. The van der Waals surface area contributed by atoms with Crippen LogP contribution in [-0.4, -0.2) is 86.6 Å². The largest absolute Gasteiger partial charge is 0.466 e. The summed E-state index contributed by atoms with van der Waals surface area (Å²) >= 11 is 0. The highest BCUT2D eigenvalue weighted by atomic mass is 16.5. The van der Waals surface area contributed by atoms with E-state index < -0.39 is 0 Å². The van der Waals surface area contributed by atoms with Gasteiger partial charge in [-0.1, -0.05) is 105 Å². The Kier molecular flexibility index (Phi) is 33.7. The highest BCUT2D eigenvalue weighted by Crippen LogP contribution is 2.20. The van der Waals surface area contributed by atoms with Crippen LogP contribution in [0.15, 0.2) is 0 Å². The lowest BCUT2D eigenvalue weighted by atomic mass is 9.95. The lowest BCUT2D eigenvalue weighted by Crippen LogP contribution is -2.32. The Bertz CT molecular complexity index is 774. The van der Waals surface area contributed by atoms with Gasteiger partial charge in [-0.25, -0.2) is 0 Å². The Morgan fingerprint density at radius 1 is 0.460 bits per heavy atom. The van der Waals surface area contributed by atoms with E-state index in [1.165, 1.54) is 25.7 Å². The molecule has 1 N–H and O–H groups in total. The van der Waals surface area contributed by atoms with Crippen molar-refractivity contribution in [2.45, 2.75) is 169 Å². The summed E-state index contributed by atoms with van der Waals surface area (Å²) < 4.78 is 21.8. The van der Waals surface area contributed by atoms with E-state index in [1.54, 1.807) is 0 Å². The molecule has 2 atom stereocenters. The molecule has 50 heavy (non-hydrogen) atoms. The van der Waals surface area contributed by atoms with E-state index >= 15 is 0 Å². The number of rotatable bonds is 36. The third-order valence-corrected chi connectivity index (χ3v) is 9.06. The molecule has 0 aromatic carbocycles. The highest BCUT2D eigenvalue weighted by molar-refractivity contribution is 5.73. The van der Waals surface area contributed by atoms with E-state index in [2.05, 4.69) is 27.7 Å². The second kappa shape index (κ2) is 35.2. The quantitative estimate of drug-likeness (QED) is 0.0384. The van der Waals surface area contributed by atoms with Crippen LogP contribution < -0.4 is 0 Å². The van der Waals surface area contributed by atoms with Crippen molar-refractivity contribution in [3.63, 3.8) is 0 Å². The highest BCUT2D eigenvalue weighted by Gasteiger charge is 2.20. The molecular formula is C40H75NO9. The van der Waals surface area contributed by atoms with Gasteiger partial charge in [-0.05, 0) is 51.4 Å². The summed E-state index contributed by atoms with van der Waals surface area (Å²) in [6, 6.07) is 0. The maximum atomic E-state index is 12.6. The molecule has 294 valence electrons. The van der Waals surface area contributed by atoms with Crippen LogP contribution in [0.1, 0.15) is 169 Å². The van der Waals surface area contributed by atoms with Crippen LogP contribution in [0.4, 0.5) is 0 Å². The molecule has 0 aliphatic heterocycles. The number of ether oxygens (including phenoxy) is 4. The minimum absolute atomic E-state index is 0.0191. The molecule has 0 aliphatic rings. The van der Waals surface area contributed by atoms with Crippen LogP contribution in [-0.2, 0) is 38.1 Å². The molecule has 0 rings (SSSR count). The SMILES string of the molecule is CCCCCCC(CCCC)C(=O)OCCCCOC(=O)CCN(CCO)CCC(=O)OCCCCOC(=O)C(CCCC)CCCCCC. The standard InChI is InChI=1S/C40H75NO9/c1-5-9-13-15-23-35(21-11-7-3)39(45)49-33-19-17-31-47-37(43)25-27-41(29-30-42)28-26-38(44)48-32-18-20-34-50-40(46)36(22-12-8-4)24-16-14-10-6-2/h35-36,42H,5-34H2,1-4H3. The number of nitrogens with zero attached hydrogens (tertiary/aromatic N) is 1. The average Bonchev–Trinajstić information content (AvgIpc) is 3.11. The fraction of sp³-hybridized carbons (Fsp3) is 0.900. The smallest absolute Gasteiger partial charge is 0.308 e. The first kappa shape index (κ1) is 47.8. The van der Waals surface area contributed by atoms with Gasteiger partial charge in [-0.3, -0.25) is 24.1 Å². The number of esters is 4. The molecule has 0 heterocycles. The van der Waals surface area contributed by atoms with Crippen molar-refractivity contribution in [2.75, 3.05) is 52.7 Å². The molecular weight excluding hydrogens is 638 g/mol. The van der Waals surface area contributed by atoms with Gasteiger partial charge < -0.3 is 24.1 Å². The summed E-state index contributed by atoms with van der Waals surface area (Å²) in [5.41, 5.74) is 0. The first-order chi connectivity index (χ1) is 24.3. The lowest BCUT2D eigenvalue weighted by molar-refractivity contribution is -0.150. The van der Waals surface area contributed by atoms with E-state index in [4.69, 9.17) is 18.9 Å². The Hall–Kier alpha value is -2.20. The molecule has 0 aliphatic carbocycles. The zero-order valence-electron chi connectivity index (χ0n) is 32.5. The number of carbonyl (C=O) groups is 4. The summed E-state index contributed by atoms with van der Waals surface area (Å²) in [5, 5.41) is 9.43. The molecule has 0 bridgehead atoms. The topological polar surface area (TPSA) is 129 Å². The number of unbranched alkanes of at least 4 members (excludes halogenated alkanes) is 10. The van der Waals surface area contributed by atoms with Crippen molar-refractivity contribution in [3.05, 3.63) is 0 Å². The second-order valence-electron chi connectivity index (χ2n) is 13.6. The van der Waals surface area contributed by atoms with Crippen molar-refractivity contribution < 1.29 is 43.2 Å². The molecule has 0 spiro atoms. The minimum Gasteiger partial charge on any atom is -0.466 e. The van der Waals surface area contributed by atoms with Gasteiger partial charge in [0.25, 0.3) is 0 Å². The van der Waals surface area contributed by atoms with Crippen molar-refractivity contribution in [1.82, 2.24) is 4.90 Å². The lowest BCUT2D eigenvalue weighted by Gasteiger charge is -2.20. The van der Waals surface area contributed by atoms with E-state index in [0.717, 1.165) is 77.0 Å². The molecule has 0 saturated heterocycles. The van der Waals surface area contributed by atoms with E-state index in [9.17, 15) is 24.3 Å². The summed E-state index contributed by atoms with van der Waals surface area (Å²) in [4.78, 5) is 51.5. The molecule has 0 amide bonds. The number of aliphatic hydroxyl groups is 1. The van der Waals surface area contributed by atoms with Gasteiger partial charge in [0.15, 0.2) is 0 Å². The summed E-state index contributed by atoms with van der Waals surface area (Å²) in [7, 11) is 0. The van der Waals surface area contributed by atoms with Crippen molar-refractivity contribution in [3.8, 4) is 0 Å². The third-order valence-electron chi connectivity index (χ3n) is 9.06. The maximum absolute atomic E-state index is 12.6. The van der Waals surface area contributed by atoms with Crippen LogP contribution in [0.2, 0.25) is 0 Å². The molecule has 0 saturated carbocycles. The monoisotopic (exact) mass is 714 g/mol. The molecule has 0 aromatic rings. The van der Waals surface area contributed by atoms with E-state index in [0.29, 0.717) is 58.5 Å². The zero-order chi connectivity index (χ0) is 37.1. The summed E-state index contributed by atoms with van der Waals surface area (Å²) in [6.45, 7) is 10.8. The summed E-state index contributed by atoms with van der Waals surface area (Å²) in [5.74, 6) is -0.918. The predicted octanol–water partition coefficient (Wildman–Crippen LogP) is 8.35. The number of carbonyl (C=O) groups excluding carboxylic acids is 4. The van der Waals surface area contributed by atoms with Crippen LogP contribution >= 0.6 is 0 Å². The number of hydrogen-bond acceptors (Lipinski definition) is 10. The summed E-state index contributed by atoms with van der Waals surface area (Å²) in [6.07, 6.45) is 19.7. The van der Waals surface area contributed by atoms with Gasteiger partial charge in [0, 0.05) is 19.6 Å². The van der Waals surface area contributed by atoms with Crippen LogP contribution in [0.25, 0.3) is 0 Å².